The molecule has 1 unspecified atom stereocenters. The van der Waals surface area contributed by atoms with Crippen LogP contribution in [0.4, 0.5) is 0 Å². The van der Waals surface area contributed by atoms with E-state index in [0.29, 0.717) is 17.7 Å². The summed E-state index contributed by atoms with van der Waals surface area (Å²) in [6.45, 7) is 9.48. The van der Waals surface area contributed by atoms with Crippen LogP contribution in [0, 0.1) is 5.92 Å². The number of nitrogens with one attached hydrogen (secondary N) is 1. The fourth-order valence-corrected chi connectivity index (χ4v) is 5.58. The third-order valence-electron chi connectivity index (χ3n) is 3.65. The van der Waals surface area contributed by atoms with Gasteiger partial charge in [0.2, 0.25) is 0 Å². The van der Waals surface area contributed by atoms with Crippen molar-refractivity contribution in [2.45, 2.75) is 59.0 Å². The molecule has 1 atom stereocenters. The molecule has 0 spiro atoms. The van der Waals surface area contributed by atoms with Gasteiger partial charge in [0.15, 0.2) is 9.84 Å². The van der Waals surface area contributed by atoms with Crippen LogP contribution in [0.25, 0.3) is 0 Å². The van der Waals surface area contributed by atoms with E-state index in [1.165, 1.54) is 4.88 Å². The summed E-state index contributed by atoms with van der Waals surface area (Å²) in [5.74, 6) is 1.26. The van der Waals surface area contributed by atoms with Crippen LogP contribution in [0.1, 0.15) is 55.6 Å². The van der Waals surface area contributed by atoms with Gasteiger partial charge < -0.3 is 5.32 Å². The van der Waals surface area contributed by atoms with Crippen LogP contribution in [-0.4, -0.2) is 30.9 Å². The number of thiazole rings is 1. The summed E-state index contributed by atoms with van der Waals surface area (Å²) in [7, 11) is -2.84. The first-order valence-electron chi connectivity index (χ1n) is 7.69. The first-order chi connectivity index (χ1) is 9.77. The Morgan fingerprint density at radius 1 is 1.33 bits per heavy atom. The van der Waals surface area contributed by atoms with Crippen LogP contribution >= 0.6 is 11.3 Å². The zero-order valence-electron chi connectivity index (χ0n) is 13.3. The van der Waals surface area contributed by atoms with E-state index < -0.39 is 9.84 Å². The standard InChI is InChI=1S/C15H26N2O2S2/c1-10(2)7-13-14(8-16-11(3)4)20-15(17-13)12-5-6-21(18,19)9-12/h10-12,16H,5-9H2,1-4H3. The van der Waals surface area contributed by atoms with E-state index in [2.05, 4.69) is 33.0 Å². The Bertz CT molecular complexity index is 576. The Hall–Kier alpha value is -0.460. The molecule has 0 saturated carbocycles. The highest BCUT2D eigenvalue weighted by Gasteiger charge is 2.31. The van der Waals surface area contributed by atoms with E-state index in [1.54, 1.807) is 11.3 Å². The first-order valence-corrected chi connectivity index (χ1v) is 10.3. The van der Waals surface area contributed by atoms with Crippen molar-refractivity contribution in [1.29, 1.82) is 0 Å². The quantitative estimate of drug-likeness (QED) is 0.871. The molecule has 4 nitrogen and oxygen atoms in total. The first kappa shape index (κ1) is 16.9. The molecule has 1 fully saturated rings. The Morgan fingerprint density at radius 2 is 2.05 bits per heavy atom. The molecule has 2 heterocycles. The van der Waals surface area contributed by atoms with Gasteiger partial charge in [-0.15, -0.1) is 11.3 Å². The molecule has 0 amide bonds. The van der Waals surface area contributed by atoms with Crippen LogP contribution in [-0.2, 0) is 22.8 Å². The second-order valence-electron chi connectivity index (χ2n) is 6.66. The third kappa shape index (κ3) is 4.76. The molecule has 120 valence electrons. The van der Waals surface area contributed by atoms with Gasteiger partial charge in [0.25, 0.3) is 0 Å². The van der Waals surface area contributed by atoms with Gasteiger partial charge in [0.05, 0.1) is 22.2 Å². The van der Waals surface area contributed by atoms with Gasteiger partial charge in [-0.25, -0.2) is 13.4 Å². The molecule has 0 aliphatic carbocycles. The lowest BCUT2D eigenvalue weighted by Crippen LogP contribution is -2.22. The maximum absolute atomic E-state index is 11.7. The van der Waals surface area contributed by atoms with E-state index in [1.807, 2.05) is 0 Å². The average Bonchev–Trinajstić information content (AvgIpc) is 2.89. The van der Waals surface area contributed by atoms with Crippen molar-refractivity contribution in [3.8, 4) is 0 Å². The molecule has 0 aromatic carbocycles. The fraction of sp³-hybridized carbons (Fsp3) is 0.800. The minimum atomic E-state index is -2.84. The maximum atomic E-state index is 11.7. The molecule has 1 aliphatic heterocycles. The molecule has 2 rings (SSSR count). The molecule has 1 aromatic heterocycles. The third-order valence-corrected chi connectivity index (χ3v) is 6.68. The van der Waals surface area contributed by atoms with E-state index in [4.69, 9.17) is 4.98 Å². The Labute approximate surface area is 132 Å². The van der Waals surface area contributed by atoms with Crippen LogP contribution in [0.15, 0.2) is 0 Å². The lowest BCUT2D eigenvalue weighted by atomic mass is 10.1. The van der Waals surface area contributed by atoms with Gasteiger partial charge in [-0.1, -0.05) is 27.7 Å². The van der Waals surface area contributed by atoms with Crippen molar-refractivity contribution >= 4 is 21.2 Å². The van der Waals surface area contributed by atoms with E-state index in [-0.39, 0.29) is 11.7 Å². The highest BCUT2D eigenvalue weighted by Crippen LogP contribution is 2.33. The van der Waals surface area contributed by atoms with Crippen molar-refractivity contribution in [1.82, 2.24) is 10.3 Å². The molecule has 21 heavy (non-hydrogen) atoms. The monoisotopic (exact) mass is 330 g/mol. The van der Waals surface area contributed by atoms with Gasteiger partial charge in [0, 0.05) is 23.4 Å². The summed E-state index contributed by atoms with van der Waals surface area (Å²) < 4.78 is 23.3. The summed E-state index contributed by atoms with van der Waals surface area (Å²) in [6.07, 6.45) is 1.69. The summed E-state index contributed by atoms with van der Waals surface area (Å²) >= 11 is 1.70. The molecule has 0 bridgehead atoms. The second kappa shape index (κ2) is 6.75. The zero-order chi connectivity index (χ0) is 15.6. The van der Waals surface area contributed by atoms with E-state index in [0.717, 1.165) is 30.1 Å². The van der Waals surface area contributed by atoms with Crippen LogP contribution in [0.2, 0.25) is 0 Å². The van der Waals surface area contributed by atoms with Crippen molar-refractivity contribution in [2.24, 2.45) is 5.92 Å². The minimum Gasteiger partial charge on any atom is -0.310 e. The van der Waals surface area contributed by atoms with Gasteiger partial charge >= 0.3 is 0 Å². The highest BCUT2D eigenvalue weighted by atomic mass is 32.2. The van der Waals surface area contributed by atoms with Crippen LogP contribution < -0.4 is 5.32 Å². The molecular weight excluding hydrogens is 304 g/mol. The zero-order valence-corrected chi connectivity index (χ0v) is 15.0. The number of hydrogen-bond acceptors (Lipinski definition) is 5. The van der Waals surface area contributed by atoms with Gasteiger partial charge in [-0.3, -0.25) is 0 Å². The second-order valence-corrected chi connectivity index (χ2v) is 10.00. The Morgan fingerprint density at radius 3 is 2.57 bits per heavy atom. The predicted molar refractivity (Wildman–Crippen MR) is 88.6 cm³/mol. The lowest BCUT2D eigenvalue weighted by Gasteiger charge is -2.08. The van der Waals surface area contributed by atoms with Gasteiger partial charge in [0.1, 0.15) is 0 Å². The lowest BCUT2D eigenvalue weighted by molar-refractivity contribution is 0.581. The minimum absolute atomic E-state index is 0.110. The highest BCUT2D eigenvalue weighted by molar-refractivity contribution is 7.91. The van der Waals surface area contributed by atoms with Crippen molar-refractivity contribution in [3.63, 3.8) is 0 Å². The summed E-state index contributed by atoms with van der Waals surface area (Å²) in [5, 5.41) is 4.47. The molecular formula is C15H26N2O2S2. The van der Waals surface area contributed by atoms with Crippen LogP contribution in [0.5, 0.6) is 0 Å². The van der Waals surface area contributed by atoms with E-state index >= 15 is 0 Å². The maximum Gasteiger partial charge on any atom is 0.151 e. The molecule has 6 heteroatoms. The van der Waals surface area contributed by atoms with Crippen LogP contribution in [0.3, 0.4) is 0 Å². The number of nitrogens with zero attached hydrogens (tertiary/aromatic N) is 1. The average molecular weight is 331 g/mol. The number of sulfone groups is 1. The van der Waals surface area contributed by atoms with Gasteiger partial charge in [-0.2, -0.15) is 0 Å². The normalized spacial score (nSPS) is 21.5. The largest absolute Gasteiger partial charge is 0.310 e. The molecule has 1 saturated heterocycles. The Kier molecular flexibility index (Phi) is 5.43. The topological polar surface area (TPSA) is 59.1 Å². The van der Waals surface area contributed by atoms with Gasteiger partial charge in [-0.05, 0) is 18.8 Å². The summed E-state index contributed by atoms with van der Waals surface area (Å²) in [4.78, 5) is 6.06. The van der Waals surface area contributed by atoms with Crippen molar-refractivity contribution in [2.75, 3.05) is 11.5 Å². The number of hydrogen-bond donors (Lipinski definition) is 1. The predicted octanol–water partition coefficient (Wildman–Crippen LogP) is 2.74. The Balaban J connectivity index is 2.19. The number of aromatic nitrogens is 1. The van der Waals surface area contributed by atoms with Crippen molar-refractivity contribution < 1.29 is 8.42 Å². The van der Waals surface area contributed by atoms with E-state index in [9.17, 15) is 8.42 Å². The molecule has 0 radical (unpaired) electrons. The van der Waals surface area contributed by atoms with Crippen molar-refractivity contribution in [3.05, 3.63) is 15.6 Å². The SMILES string of the molecule is CC(C)Cc1nc(C2CCS(=O)(=O)C2)sc1CNC(C)C. The molecule has 1 N–H and O–H groups in total. The summed E-state index contributed by atoms with van der Waals surface area (Å²) in [5.41, 5.74) is 1.16. The molecule has 1 aromatic rings. The molecule has 1 aliphatic rings. The number of rotatable bonds is 6. The smallest absolute Gasteiger partial charge is 0.151 e. The summed E-state index contributed by atoms with van der Waals surface area (Å²) in [6, 6.07) is 0.439. The fourth-order valence-electron chi connectivity index (χ4n) is 2.55.